The van der Waals surface area contributed by atoms with Crippen molar-refractivity contribution in [2.45, 2.75) is 38.8 Å². The van der Waals surface area contributed by atoms with E-state index in [-0.39, 0.29) is 6.04 Å². The molecular weight excluding hydrogens is 278 g/mol. The molecule has 2 rings (SSSR count). The Hall–Kier alpha value is -1.59. The van der Waals surface area contributed by atoms with Gasteiger partial charge in [0.05, 0.1) is 0 Å². The van der Waals surface area contributed by atoms with Crippen molar-refractivity contribution in [3.63, 3.8) is 0 Å². The zero-order valence-electron chi connectivity index (χ0n) is 13.9. The van der Waals surface area contributed by atoms with E-state index >= 15 is 0 Å². The van der Waals surface area contributed by atoms with Gasteiger partial charge < -0.3 is 10.5 Å². The number of hydrogen-bond donors (Lipinski definition) is 2. The van der Waals surface area contributed by atoms with E-state index in [2.05, 4.69) is 23.3 Å². The van der Waals surface area contributed by atoms with Crippen LogP contribution in [0.25, 0.3) is 0 Å². The molecule has 2 unspecified atom stereocenters. The molecule has 3 N–H and O–H groups in total. The van der Waals surface area contributed by atoms with E-state index in [1.807, 2.05) is 39.0 Å². The zero-order valence-corrected chi connectivity index (χ0v) is 13.9. The van der Waals surface area contributed by atoms with E-state index in [1.165, 1.54) is 0 Å². The van der Waals surface area contributed by atoms with Crippen LogP contribution in [-0.4, -0.2) is 36.7 Å². The molecule has 1 aromatic carbocycles. The number of nitrogens with zero attached hydrogens (tertiary/aromatic N) is 1. The molecule has 2 atom stereocenters. The Morgan fingerprint density at radius 3 is 2.68 bits per heavy atom. The molecular formula is C17H27N3O2. The monoisotopic (exact) mass is 305 g/mol. The first kappa shape index (κ1) is 16.8. The molecule has 5 heteroatoms. The summed E-state index contributed by atoms with van der Waals surface area (Å²) in [5.41, 5.74) is 7.23. The molecule has 0 radical (unpaired) electrons. The van der Waals surface area contributed by atoms with E-state index in [1.54, 1.807) is 0 Å². The third-order valence-corrected chi connectivity index (χ3v) is 3.92. The van der Waals surface area contributed by atoms with E-state index < -0.39 is 11.7 Å². The zero-order chi connectivity index (χ0) is 16.3. The van der Waals surface area contributed by atoms with E-state index in [9.17, 15) is 4.79 Å². The predicted octanol–water partition coefficient (Wildman–Crippen LogP) is 2.99. The SMILES string of the molecule is CN1CC(CN)CC1c1ccccc1NC(=O)OC(C)(C)C. The molecule has 0 aliphatic carbocycles. The van der Waals surface area contributed by atoms with Crippen molar-refractivity contribution in [3.8, 4) is 0 Å². The van der Waals surface area contributed by atoms with Gasteiger partial charge in [-0.1, -0.05) is 18.2 Å². The molecule has 0 bridgehead atoms. The molecule has 1 heterocycles. The first-order chi connectivity index (χ1) is 10.3. The molecule has 122 valence electrons. The largest absolute Gasteiger partial charge is 0.444 e. The third kappa shape index (κ3) is 4.21. The van der Waals surface area contributed by atoms with Gasteiger partial charge in [-0.05, 0) is 58.3 Å². The fraction of sp³-hybridized carbons (Fsp3) is 0.588. The molecule has 1 aliphatic rings. The van der Waals surface area contributed by atoms with Crippen LogP contribution in [-0.2, 0) is 4.74 Å². The van der Waals surface area contributed by atoms with Crippen molar-refractivity contribution in [2.75, 3.05) is 25.5 Å². The number of nitrogens with one attached hydrogen (secondary N) is 1. The number of rotatable bonds is 3. The summed E-state index contributed by atoms with van der Waals surface area (Å²) >= 11 is 0. The molecule has 0 spiro atoms. The molecule has 22 heavy (non-hydrogen) atoms. The topological polar surface area (TPSA) is 67.6 Å². The van der Waals surface area contributed by atoms with Crippen LogP contribution >= 0.6 is 0 Å². The molecule has 5 nitrogen and oxygen atoms in total. The van der Waals surface area contributed by atoms with Gasteiger partial charge in [0, 0.05) is 18.3 Å². The summed E-state index contributed by atoms with van der Waals surface area (Å²) in [4.78, 5) is 14.3. The van der Waals surface area contributed by atoms with Crippen molar-refractivity contribution in [1.29, 1.82) is 0 Å². The van der Waals surface area contributed by atoms with Crippen molar-refractivity contribution in [3.05, 3.63) is 29.8 Å². The predicted molar refractivity (Wildman–Crippen MR) is 88.8 cm³/mol. The minimum Gasteiger partial charge on any atom is -0.444 e. The highest BCUT2D eigenvalue weighted by molar-refractivity contribution is 5.86. The fourth-order valence-corrected chi connectivity index (χ4v) is 2.95. The van der Waals surface area contributed by atoms with Gasteiger partial charge in [0.15, 0.2) is 0 Å². The number of amides is 1. The minimum absolute atomic E-state index is 0.277. The molecule has 1 aromatic rings. The second-order valence-electron chi connectivity index (χ2n) is 7.01. The number of anilines is 1. The summed E-state index contributed by atoms with van der Waals surface area (Å²) < 4.78 is 5.34. The average Bonchev–Trinajstić information content (AvgIpc) is 2.78. The molecule has 1 amide bonds. The lowest BCUT2D eigenvalue weighted by Crippen LogP contribution is -2.28. The van der Waals surface area contributed by atoms with Crippen LogP contribution in [0.4, 0.5) is 10.5 Å². The molecule has 1 aliphatic heterocycles. The Kier molecular flexibility index (Phi) is 5.08. The summed E-state index contributed by atoms with van der Waals surface area (Å²) in [6.07, 6.45) is 0.594. The second-order valence-corrected chi connectivity index (χ2v) is 7.01. The van der Waals surface area contributed by atoms with Crippen LogP contribution in [0, 0.1) is 5.92 Å². The molecule has 0 saturated carbocycles. The normalized spacial score (nSPS) is 22.6. The summed E-state index contributed by atoms with van der Waals surface area (Å²) in [6, 6.07) is 8.18. The lowest BCUT2D eigenvalue weighted by atomic mass is 9.98. The number of benzene rings is 1. The van der Waals surface area contributed by atoms with Crippen LogP contribution in [0.5, 0.6) is 0 Å². The van der Waals surface area contributed by atoms with Gasteiger partial charge >= 0.3 is 6.09 Å². The van der Waals surface area contributed by atoms with E-state index in [4.69, 9.17) is 10.5 Å². The Morgan fingerprint density at radius 1 is 1.41 bits per heavy atom. The van der Waals surface area contributed by atoms with Crippen molar-refractivity contribution >= 4 is 11.8 Å². The van der Waals surface area contributed by atoms with Crippen LogP contribution in [0.1, 0.15) is 38.8 Å². The molecule has 0 aromatic heterocycles. The number of carbonyl (C=O) groups is 1. The van der Waals surface area contributed by atoms with Gasteiger partial charge in [0.25, 0.3) is 0 Å². The van der Waals surface area contributed by atoms with Crippen molar-refractivity contribution in [1.82, 2.24) is 4.90 Å². The van der Waals surface area contributed by atoms with Gasteiger partial charge in [-0.25, -0.2) is 4.79 Å². The van der Waals surface area contributed by atoms with Gasteiger partial charge in [-0.15, -0.1) is 0 Å². The highest BCUT2D eigenvalue weighted by Crippen LogP contribution is 2.37. The van der Waals surface area contributed by atoms with Crippen molar-refractivity contribution in [2.24, 2.45) is 11.7 Å². The quantitative estimate of drug-likeness (QED) is 0.901. The third-order valence-electron chi connectivity index (χ3n) is 3.92. The molecule has 1 saturated heterocycles. The maximum absolute atomic E-state index is 12.0. The Bertz CT molecular complexity index is 525. The number of likely N-dealkylation sites (tertiary alicyclic amines) is 1. The lowest BCUT2D eigenvalue weighted by molar-refractivity contribution is 0.0635. The van der Waals surface area contributed by atoms with Gasteiger partial charge in [0.2, 0.25) is 0 Å². The van der Waals surface area contributed by atoms with Crippen LogP contribution in [0.2, 0.25) is 0 Å². The van der Waals surface area contributed by atoms with Crippen LogP contribution in [0.15, 0.2) is 24.3 Å². The standard InChI is InChI=1S/C17H27N3O2/c1-17(2,3)22-16(21)19-14-8-6-5-7-13(14)15-9-12(10-18)11-20(15)4/h5-8,12,15H,9-11,18H2,1-4H3,(H,19,21). The van der Waals surface area contributed by atoms with Gasteiger partial charge in [0.1, 0.15) is 5.60 Å². The first-order valence-corrected chi connectivity index (χ1v) is 7.79. The minimum atomic E-state index is -0.506. The summed E-state index contributed by atoms with van der Waals surface area (Å²) in [5.74, 6) is 0.504. The second kappa shape index (κ2) is 6.67. The highest BCUT2D eigenvalue weighted by atomic mass is 16.6. The average molecular weight is 305 g/mol. The summed E-state index contributed by atoms with van der Waals surface area (Å²) in [5, 5.41) is 2.88. The summed E-state index contributed by atoms with van der Waals surface area (Å²) in [7, 11) is 2.10. The Morgan fingerprint density at radius 2 is 2.09 bits per heavy atom. The van der Waals surface area contributed by atoms with E-state index in [0.29, 0.717) is 12.5 Å². The van der Waals surface area contributed by atoms with Crippen LogP contribution < -0.4 is 11.1 Å². The maximum atomic E-state index is 12.0. The van der Waals surface area contributed by atoms with Crippen LogP contribution in [0.3, 0.4) is 0 Å². The maximum Gasteiger partial charge on any atom is 0.412 e. The highest BCUT2D eigenvalue weighted by Gasteiger charge is 2.31. The summed E-state index contributed by atoms with van der Waals surface area (Å²) in [6.45, 7) is 7.25. The van der Waals surface area contributed by atoms with Gasteiger partial charge in [-0.3, -0.25) is 10.2 Å². The lowest BCUT2D eigenvalue weighted by Gasteiger charge is -2.24. The smallest absolute Gasteiger partial charge is 0.412 e. The van der Waals surface area contributed by atoms with Crippen molar-refractivity contribution < 1.29 is 9.53 Å². The molecule has 1 fully saturated rings. The Balaban J connectivity index is 2.15. The number of carbonyl (C=O) groups excluding carboxylic acids is 1. The Labute approximate surface area is 132 Å². The number of hydrogen-bond acceptors (Lipinski definition) is 4. The first-order valence-electron chi connectivity index (χ1n) is 7.79. The van der Waals surface area contributed by atoms with E-state index in [0.717, 1.165) is 24.2 Å². The fourth-order valence-electron chi connectivity index (χ4n) is 2.95. The number of ether oxygens (including phenoxy) is 1. The van der Waals surface area contributed by atoms with Gasteiger partial charge in [-0.2, -0.15) is 0 Å². The number of para-hydroxylation sites is 1. The number of nitrogens with two attached hydrogens (primary N) is 1.